The highest BCUT2D eigenvalue weighted by Gasteiger charge is 2.49. The Morgan fingerprint density at radius 2 is 0.977 bits per heavy atom. The van der Waals surface area contributed by atoms with E-state index in [-0.39, 0.29) is 44.8 Å². The molecule has 86 heavy (non-hydrogen) atoms. The first-order chi connectivity index (χ1) is 40.4. The minimum atomic E-state index is -0.252. The van der Waals surface area contributed by atoms with E-state index in [1.807, 2.05) is 0 Å². The van der Waals surface area contributed by atoms with Gasteiger partial charge in [-0.3, -0.25) is 0 Å². The Hall–Kier alpha value is -7.76. The molecule has 4 aliphatic rings. The van der Waals surface area contributed by atoms with Crippen LogP contribution in [0.3, 0.4) is 0 Å². The Balaban J connectivity index is 1.09. The summed E-state index contributed by atoms with van der Waals surface area (Å²) in [6.45, 7) is 42.5. The van der Waals surface area contributed by atoms with E-state index in [9.17, 15) is 0 Å². The third-order valence-electron chi connectivity index (χ3n) is 21.1. The molecule has 15 rings (SSSR count). The van der Waals surface area contributed by atoms with E-state index in [4.69, 9.17) is 4.42 Å². The summed E-state index contributed by atoms with van der Waals surface area (Å²) in [4.78, 5) is 5.21. The van der Waals surface area contributed by atoms with Crippen molar-refractivity contribution in [3.8, 4) is 27.9 Å². The zero-order valence-electron chi connectivity index (χ0n) is 54.3. The summed E-state index contributed by atoms with van der Waals surface area (Å²) in [7, 11) is 0. The summed E-state index contributed by atoms with van der Waals surface area (Å²) in [5, 5.41) is 4.78. The van der Waals surface area contributed by atoms with Crippen molar-refractivity contribution in [1.82, 2.24) is 4.57 Å². The highest BCUT2D eigenvalue weighted by Crippen LogP contribution is 2.59. The molecule has 5 heteroatoms. The average molecular weight is 1130 g/mol. The Labute approximate surface area is 511 Å². The van der Waals surface area contributed by atoms with Gasteiger partial charge in [-0.1, -0.05) is 203 Å². The second-order valence-corrected chi connectivity index (χ2v) is 32.1. The molecule has 0 fully saturated rings. The SMILES string of the molecule is CC(C)(C)c1ccc(N2B3c4cc(C(C)(C)C)ccc4-n4c5cc(N(c6ccc(C(C)(C)C)cc6)c6ccc(C(C)(C)C)cc6)ccc5c5c6c(oc7ccccc76)c(c3c54)-c3cc4c(cc32)C(C)(C)c2cc3c(cc2-4)C(C)(C)CCC3(C)C)cc1. The molecule has 0 saturated carbocycles. The van der Waals surface area contributed by atoms with Gasteiger partial charge in [-0.05, 0) is 191 Å². The van der Waals surface area contributed by atoms with Crippen LogP contribution in [0.4, 0.5) is 28.4 Å². The lowest BCUT2D eigenvalue weighted by Crippen LogP contribution is -2.60. The van der Waals surface area contributed by atoms with Crippen molar-refractivity contribution in [1.29, 1.82) is 0 Å². The molecule has 2 aromatic heterocycles. The highest BCUT2D eigenvalue weighted by atomic mass is 16.3. The Morgan fingerprint density at radius 3 is 1.57 bits per heavy atom. The van der Waals surface area contributed by atoms with Crippen LogP contribution in [-0.2, 0) is 37.9 Å². The molecule has 2 aliphatic carbocycles. The van der Waals surface area contributed by atoms with Gasteiger partial charge in [0.1, 0.15) is 11.2 Å². The monoisotopic (exact) mass is 1130 g/mol. The zero-order chi connectivity index (χ0) is 60.5. The van der Waals surface area contributed by atoms with E-state index in [0.29, 0.717) is 0 Å². The minimum Gasteiger partial charge on any atom is -0.455 e. The predicted octanol–water partition coefficient (Wildman–Crippen LogP) is 21.2. The lowest BCUT2D eigenvalue weighted by molar-refractivity contribution is 0.331. The molecule has 4 nitrogen and oxygen atoms in total. The van der Waals surface area contributed by atoms with Gasteiger partial charge < -0.3 is 18.7 Å². The fourth-order valence-corrected chi connectivity index (χ4v) is 15.7. The van der Waals surface area contributed by atoms with E-state index in [1.165, 1.54) is 135 Å². The Bertz CT molecular complexity index is 4630. The maximum absolute atomic E-state index is 7.57. The van der Waals surface area contributed by atoms with Crippen LogP contribution in [0.15, 0.2) is 162 Å². The van der Waals surface area contributed by atoms with Gasteiger partial charge in [-0.15, -0.1) is 0 Å². The fraction of sp³-hybridized carbons (Fsp3) is 0.333. The molecule has 4 heterocycles. The molecule has 0 spiro atoms. The van der Waals surface area contributed by atoms with Crippen molar-refractivity contribution in [3.63, 3.8) is 0 Å². The van der Waals surface area contributed by atoms with E-state index in [1.54, 1.807) is 0 Å². The van der Waals surface area contributed by atoms with Crippen LogP contribution < -0.4 is 20.6 Å². The third kappa shape index (κ3) is 7.87. The van der Waals surface area contributed by atoms with Gasteiger partial charge in [-0.25, -0.2) is 0 Å². The van der Waals surface area contributed by atoms with Crippen LogP contribution in [-0.4, -0.2) is 11.4 Å². The Morgan fingerprint density at radius 1 is 0.453 bits per heavy atom. The smallest absolute Gasteiger partial charge is 0.333 e. The summed E-state index contributed by atoms with van der Waals surface area (Å²) >= 11 is 0. The van der Waals surface area contributed by atoms with Crippen LogP contribution in [0.1, 0.15) is 182 Å². The Kier molecular flexibility index (Phi) is 11.3. The number of rotatable bonds is 4. The van der Waals surface area contributed by atoms with E-state index in [0.717, 1.165) is 33.6 Å². The second-order valence-electron chi connectivity index (χ2n) is 32.1. The van der Waals surface area contributed by atoms with Gasteiger partial charge in [-0.2, -0.15) is 0 Å². The topological polar surface area (TPSA) is 24.6 Å². The number of furan rings is 1. The van der Waals surface area contributed by atoms with Crippen molar-refractivity contribution >= 4 is 90.0 Å². The average Bonchev–Trinajstić information content (AvgIpc) is 1.41. The lowest BCUT2D eigenvalue weighted by Gasteiger charge is -2.43. The number of para-hydroxylation sites is 1. The molecule has 0 N–H and O–H groups in total. The van der Waals surface area contributed by atoms with Crippen LogP contribution in [0, 0.1) is 0 Å². The van der Waals surface area contributed by atoms with Crippen LogP contribution in [0.2, 0.25) is 0 Å². The van der Waals surface area contributed by atoms with Crippen LogP contribution in [0.25, 0.3) is 71.7 Å². The predicted molar refractivity (Wildman–Crippen MR) is 369 cm³/mol. The number of fused-ring (bicyclic) bond motifs is 17. The number of nitrogens with zero attached hydrogens (tertiary/aromatic N) is 3. The van der Waals surface area contributed by atoms with E-state index >= 15 is 0 Å². The number of anilines is 5. The standard InChI is InChI=1S/C81H84BN3O/c1-75(2,3)47-23-30-51(31-24-47)83(52-32-25-48(26-33-52)76(4,5)6)54-36-37-55-66(42-54)84-65-38-29-50(78(10,11)12)41-64(65)82-72-71(74-70(69(55)73(72)84)56-21-19-20-22-68(56)86-74)59-43-57-58-44-62-63(80(15,16)40-39-79(62,13)14)45-60(58)81(17,18)61(57)46-67(59)85(82)53-34-27-49(28-35-53)77(7,8)9/h19-38,41-46H,39-40H2,1-18H3. The van der Waals surface area contributed by atoms with E-state index in [2.05, 4.69) is 297 Å². The maximum atomic E-state index is 7.57. The van der Waals surface area contributed by atoms with Crippen molar-refractivity contribution in [2.24, 2.45) is 0 Å². The maximum Gasteiger partial charge on any atom is 0.333 e. The van der Waals surface area contributed by atoms with E-state index < -0.39 is 0 Å². The molecule has 11 aromatic rings. The van der Waals surface area contributed by atoms with Gasteiger partial charge >= 0.3 is 6.85 Å². The summed E-state index contributed by atoms with van der Waals surface area (Å²) in [6, 6.07) is 62.2. The number of hydrogen-bond donors (Lipinski definition) is 0. The van der Waals surface area contributed by atoms with Gasteiger partial charge in [0.15, 0.2) is 0 Å². The molecule has 9 aromatic carbocycles. The summed E-state index contributed by atoms with van der Waals surface area (Å²) < 4.78 is 10.2. The van der Waals surface area contributed by atoms with Crippen molar-refractivity contribution in [3.05, 3.63) is 202 Å². The molecular formula is C81H84BN3O. The molecule has 432 valence electrons. The minimum absolute atomic E-state index is 0.0108. The summed E-state index contributed by atoms with van der Waals surface area (Å²) in [5.74, 6) is 0. The number of aromatic nitrogens is 1. The largest absolute Gasteiger partial charge is 0.455 e. The molecular weight excluding hydrogens is 1040 g/mol. The molecule has 0 bridgehead atoms. The van der Waals surface area contributed by atoms with Gasteiger partial charge in [0.2, 0.25) is 0 Å². The van der Waals surface area contributed by atoms with Gasteiger partial charge in [0.25, 0.3) is 0 Å². The first-order valence-corrected chi connectivity index (χ1v) is 31.8. The van der Waals surface area contributed by atoms with Crippen LogP contribution >= 0.6 is 0 Å². The fourth-order valence-electron chi connectivity index (χ4n) is 15.7. The van der Waals surface area contributed by atoms with Crippen molar-refractivity contribution < 1.29 is 4.42 Å². The van der Waals surface area contributed by atoms with Crippen LogP contribution in [0.5, 0.6) is 0 Å². The molecule has 0 radical (unpaired) electrons. The molecule has 0 amide bonds. The third-order valence-corrected chi connectivity index (χ3v) is 21.1. The molecule has 0 saturated heterocycles. The molecule has 0 unspecified atom stereocenters. The zero-order valence-corrected chi connectivity index (χ0v) is 54.3. The highest BCUT2D eigenvalue weighted by molar-refractivity contribution is 6.94. The van der Waals surface area contributed by atoms with Crippen molar-refractivity contribution in [2.45, 2.75) is 175 Å². The second kappa shape index (κ2) is 17.7. The normalized spacial score (nSPS) is 16.4. The lowest BCUT2D eigenvalue weighted by atomic mass is 9.43. The van der Waals surface area contributed by atoms with Crippen molar-refractivity contribution in [2.75, 3.05) is 9.71 Å². The van der Waals surface area contributed by atoms with Gasteiger partial charge in [0.05, 0.1) is 11.0 Å². The first-order valence-electron chi connectivity index (χ1n) is 31.8. The summed E-state index contributed by atoms with van der Waals surface area (Å²) in [5.41, 5.74) is 30.0. The summed E-state index contributed by atoms with van der Waals surface area (Å²) in [6.07, 6.45) is 2.35. The molecule has 0 atom stereocenters. The quantitative estimate of drug-likeness (QED) is 0.164. The molecule has 2 aliphatic heterocycles. The van der Waals surface area contributed by atoms with Gasteiger partial charge in [0, 0.05) is 72.2 Å². The first kappa shape index (κ1) is 54.9. The number of benzene rings is 9. The number of hydrogen-bond acceptors (Lipinski definition) is 3.